The first-order chi connectivity index (χ1) is 6.27. The highest BCUT2D eigenvalue weighted by atomic mass is 15.3. The minimum Gasteiger partial charge on any atom is -0.369 e. The lowest BCUT2D eigenvalue weighted by atomic mass is 10.00. The van der Waals surface area contributed by atoms with Gasteiger partial charge in [0.05, 0.1) is 0 Å². The van der Waals surface area contributed by atoms with Crippen LogP contribution in [0.25, 0.3) is 0 Å². The van der Waals surface area contributed by atoms with Crippen LogP contribution in [0.5, 0.6) is 0 Å². The van der Waals surface area contributed by atoms with Crippen LogP contribution in [0.3, 0.4) is 0 Å². The third kappa shape index (κ3) is 2.44. The van der Waals surface area contributed by atoms with E-state index in [1.54, 1.807) is 0 Å². The molecule has 2 aliphatic carbocycles. The molecule has 0 aromatic rings. The molecule has 0 unspecified atom stereocenters. The Morgan fingerprint density at radius 2 is 1.92 bits per heavy atom. The second-order valence-electron chi connectivity index (χ2n) is 4.06. The van der Waals surface area contributed by atoms with E-state index in [4.69, 9.17) is 11.1 Å². The van der Waals surface area contributed by atoms with Crippen molar-refractivity contribution in [2.45, 2.75) is 25.7 Å². The second-order valence-corrected chi connectivity index (χ2v) is 4.06. The van der Waals surface area contributed by atoms with Crippen molar-refractivity contribution >= 4 is 12.2 Å². The largest absolute Gasteiger partial charge is 0.369 e. The second kappa shape index (κ2) is 3.36. The summed E-state index contributed by atoms with van der Waals surface area (Å²) in [5.41, 5.74) is 7.59. The Balaban J connectivity index is 1.81. The van der Waals surface area contributed by atoms with E-state index in [0.29, 0.717) is 5.92 Å². The Morgan fingerprint density at radius 1 is 1.38 bits per heavy atom. The highest BCUT2D eigenvalue weighted by Gasteiger charge is 2.40. The number of rotatable bonds is 4. The fraction of sp³-hybridized carbons (Fsp3) is 0.778. The lowest BCUT2D eigenvalue weighted by Crippen LogP contribution is -2.26. The van der Waals surface area contributed by atoms with Gasteiger partial charge >= 0.3 is 0 Å². The minimum absolute atomic E-state index is 0.0819. The highest BCUT2D eigenvalue weighted by Crippen LogP contribution is 2.48. The molecule has 0 bridgehead atoms. The Hall–Kier alpha value is -1.06. The third-order valence-corrected chi connectivity index (χ3v) is 2.76. The predicted octanol–water partition coefficient (Wildman–Crippen LogP) is 0.891. The lowest BCUT2D eigenvalue weighted by Gasteiger charge is -2.07. The quantitative estimate of drug-likeness (QED) is 0.341. The molecule has 2 aliphatic rings. The van der Waals surface area contributed by atoms with E-state index < -0.39 is 0 Å². The first-order valence-electron chi connectivity index (χ1n) is 4.90. The topological polar surface area (TPSA) is 74.3 Å². The van der Waals surface area contributed by atoms with E-state index in [9.17, 15) is 0 Å². The SMILES string of the molecule is N=C(N)N/N=C/C(C1CC1)C1CC1. The molecule has 0 saturated heterocycles. The zero-order valence-corrected chi connectivity index (χ0v) is 7.66. The van der Waals surface area contributed by atoms with Gasteiger partial charge in [-0.3, -0.25) is 5.41 Å². The van der Waals surface area contributed by atoms with Gasteiger partial charge in [0, 0.05) is 12.1 Å². The number of guanidine groups is 1. The Bertz CT molecular complexity index is 216. The third-order valence-electron chi connectivity index (χ3n) is 2.76. The van der Waals surface area contributed by atoms with Gasteiger partial charge < -0.3 is 5.73 Å². The van der Waals surface area contributed by atoms with Gasteiger partial charge in [0.1, 0.15) is 0 Å². The molecule has 0 aromatic carbocycles. The summed E-state index contributed by atoms with van der Waals surface area (Å²) in [5, 5.41) is 10.9. The summed E-state index contributed by atoms with van der Waals surface area (Å²) in [6, 6.07) is 0. The molecule has 2 saturated carbocycles. The van der Waals surface area contributed by atoms with Crippen molar-refractivity contribution < 1.29 is 0 Å². The van der Waals surface area contributed by atoms with Crippen molar-refractivity contribution in [2.75, 3.05) is 0 Å². The fourth-order valence-corrected chi connectivity index (χ4v) is 1.78. The molecule has 0 aromatic heterocycles. The maximum Gasteiger partial charge on any atom is 0.206 e. The molecule has 4 nitrogen and oxygen atoms in total. The fourth-order valence-electron chi connectivity index (χ4n) is 1.78. The van der Waals surface area contributed by atoms with Crippen LogP contribution in [-0.4, -0.2) is 12.2 Å². The number of nitrogens with one attached hydrogen (secondary N) is 2. The number of hydrazone groups is 1. The van der Waals surface area contributed by atoms with Gasteiger partial charge in [-0.05, 0) is 37.5 Å². The molecule has 4 heteroatoms. The molecular formula is C9H16N4. The number of nitrogens with two attached hydrogens (primary N) is 1. The van der Waals surface area contributed by atoms with Gasteiger partial charge in [-0.2, -0.15) is 5.10 Å². The molecule has 2 rings (SSSR count). The summed E-state index contributed by atoms with van der Waals surface area (Å²) in [4.78, 5) is 0. The number of nitrogens with zero attached hydrogens (tertiary/aromatic N) is 1. The summed E-state index contributed by atoms with van der Waals surface area (Å²) >= 11 is 0. The number of hydrogen-bond donors (Lipinski definition) is 3. The van der Waals surface area contributed by atoms with E-state index >= 15 is 0 Å². The zero-order valence-electron chi connectivity index (χ0n) is 7.66. The van der Waals surface area contributed by atoms with Gasteiger partial charge in [-0.1, -0.05) is 0 Å². The molecule has 13 heavy (non-hydrogen) atoms. The van der Waals surface area contributed by atoms with Crippen LogP contribution >= 0.6 is 0 Å². The van der Waals surface area contributed by atoms with Crippen molar-refractivity contribution in [3.63, 3.8) is 0 Å². The average molecular weight is 180 g/mol. The van der Waals surface area contributed by atoms with Crippen LogP contribution in [0.1, 0.15) is 25.7 Å². The molecule has 72 valence electrons. The number of hydrogen-bond acceptors (Lipinski definition) is 2. The van der Waals surface area contributed by atoms with E-state index in [0.717, 1.165) is 11.8 Å². The van der Waals surface area contributed by atoms with Crippen LogP contribution in [0.2, 0.25) is 0 Å². The Morgan fingerprint density at radius 3 is 2.31 bits per heavy atom. The van der Waals surface area contributed by atoms with E-state index in [-0.39, 0.29) is 5.96 Å². The summed E-state index contributed by atoms with van der Waals surface area (Å²) in [7, 11) is 0. The smallest absolute Gasteiger partial charge is 0.206 e. The Labute approximate surface area is 78.1 Å². The van der Waals surface area contributed by atoms with Crippen LogP contribution in [0.4, 0.5) is 0 Å². The van der Waals surface area contributed by atoms with Gasteiger partial charge in [-0.25, -0.2) is 5.43 Å². The molecule has 0 atom stereocenters. The summed E-state index contributed by atoms with van der Waals surface area (Å²) in [6.07, 6.45) is 7.37. The first kappa shape index (κ1) is 8.53. The summed E-state index contributed by atoms with van der Waals surface area (Å²) < 4.78 is 0. The minimum atomic E-state index is -0.0819. The molecule has 0 amide bonds. The standard InChI is InChI=1S/C9H16N4/c10-9(11)13-12-5-8(6-1-2-6)7-3-4-7/h5-8H,1-4H2,(H4,10,11,13)/b12-5+. The maximum absolute atomic E-state index is 6.94. The normalized spacial score (nSPS) is 22.5. The molecular weight excluding hydrogens is 164 g/mol. The van der Waals surface area contributed by atoms with Gasteiger partial charge in [0.2, 0.25) is 5.96 Å². The van der Waals surface area contributed by atoms with Crippen LogP contribution < -0.4 is 11.2 Å². The van der Waals surface area contributed by atoms with E-state index in [2.05, 4.69) is 10.5 Å². The Kier molecular flexibility index (Phi) is 2.20. The molecule has 2 fully saturated rings. The van der Waals surface area contributed by atoms with E-state index in [1.807, 2.05) is 6.21 Å². The predicted molar refractivity (Wildman–Crippen MR) is 52.5 cm³/mol. The van der Waals surface area contributed by atoms with Crippen molar-refractivity contribution in [1.29, 1.82) is 5.41 Å². The molecule has 0 radical (unpaired) electrons. The van der Waals surface area contributed by atoms with Crippen molar-refractivity contribution in [2.24, 2.45) is 28.6 Å². The highest BCUT2D eigenvalue weighted by molar-refractivity contribution is 5.75. The molecule has 0 aliphatic heterocycles. The van der Waals surface area contributed by atoms with Gasteiger partial charge in [0.15, 0.2) is 0 Å². The average Bonchev–Trinajstić information content (AvgIpc) is 2.89. The summed E-state index contributed by atoms with van der Waals surface area (Å²) in [6.45, 7) is 0. The van der Waals surface area contributed by atoms with Crippen molar-refractivity contribution in [3.8, 4) is 0 Å². The maximum atomic E-state index is 6.94. The van der Waals surface area contributed by atoms with Crippen molar-refractivity contribution in [3.05, 3.63) is 0 Å². The first-order valence-corrected chi connectivity index (χ1v) is 4.90. The van der Waals surface area contributed by atoms with E-state index in [1.165, 1.54) is 25.7 Å². The van der Waals surface area contributed by atoms with Crippen LogP contribution in [0.15, 0.2) is 5.10 Å². The van der Waals surface area contributed by atoms with Crippen LogP contribution in [-0.2, 0) is 0 Å². The lowest BCUT2D eigenvalue weighted by molar-refractivity contribution is 0.542. The van der Waals surface area contributed by atoms with Crippen LogP contribution in [0, 0.1) is 23.2 Å². The van der Waals surface area contributed by atoms with Gasteiger partial charge in [-0.15, -0.1) is 0 Å². The molecule has 0 heterocycles. The molecule has 4 N–H and O–H groups in total. The molecule has 0 spiro atoms. The van der Waals surface area contributed by atoms with Gasteiger partial charge in [0.25, 0.3) is 0 Å². The summed E-state index contributed by atoms with van der Waals surface area (Å²) in [5.74, 6) is 2.29. The van der Waals surface area contributed by atoms with Crippen molar-refractivity contribution in [1.82, 2.24) is 5.43 Å². The monoisotopic (exact) mass is 180 g/mol. The zero-order chi connectivity index (χ0) is 9.26.